The molecule has 0 saturated heterocycles. The maximum Gasteiger partial charge on any atom is 0.236 e. The predicted octanol–water partition coefficient (Wildman–Crippen LogP) is 32.7. The van der Waals surface area contributed by atoms with Crippen molar-refractivity contribution in [3.63, 3.8) is 0 Å². The molecule has 1 aliphatic carbocycles. The molecule has 8 heterocycles. The van der Waals surface area contributed by atoms with E-state index in [4.69, 9.17) is 24.9 Å². The molecule has 0 radical (unpaired) electrons. The van der Waals surface area contributed by atoms with E-state index >= 15 is 0 Å². The van der Waals surface area contributed by atoms with E-state index < -0.39 is 0 Å². The van der Waals surface area contributed by atoms with Gasteiger partial charge in [0, 0.05) is 94.2 Å². The molecule has 0 atom stereocenters. The molecule has 0 unspecified atom stereocenters. The number of fused-ring (bicyclic) bond motifs is 29. The molecule has 1 aliphatic rings. The van der Waals surface area contributed by atoms with Crippen molar-refractivity contribution in [1.82, 2.24) is 38.6 Å². The van der Waals surface area contributed by atoms with Crippen molar-refractivity contribution < 1.29 is 0 Å². The van der Waals surface area contributed by atoms with Crippen molar-refractivity contribution in [3.05, 3.63) is 435 Å². The summed E-state index contributed by atoms with van der Waals surface area (Å²) in [6.07, 6.45) is 0. The van der Waals surface area contributed by atoms with E-state index in [1.54, 1.807) is 0 Å². The van der Waals surface area contributed by atoms with Crippen LogP contribution in [-0.2, 0) is 5.41 Å². The van der Waals surface area contributed by atoms with Crippen LogP contribution in [0.4, 0.5) is 0 Å². The minimum Gasteiger partial charge on any atom is -0.294 e. The van der Waals surface area contributed by atoms with E-state index in [2.05, 4.69) is 367 Å². The highest BCUT2D eigenvalue weighted by molar-refractivity contribution is 7.26. The summed E-state index contributed by atoms with van der Waals surface area (Å²) in [6.45, 7) is 4.65. The lowest BCUT2D eigenvalue weighted by molar-refractivity contribution is 0.660. The molecule has 0 N–H and O–H groups in total. The third-order valence-corrected chi connectivity index (χ3v) is 30.6. The van der Waals surface area contributed by atoms with Crippen molar-refractivity contribution in [3.8, 4) is 91.6 Å². The first-order valence-corrected chi connectivity index (χ1v) is 47.8. The second kappa shape index (κ2) is 31.2. The summed E-state index contributed by atoms with van der Waals surface area (Å²) >= 11 is 3.71. The number of hydrogen-bond donors (Lipinski definition) is 0. The zero-order chi connectivity index (χ0) is 91.7. The Morgan fingerprint density at radius 2 is 0.594 bits per heavy atom. The SMILES string of the molecule is CC1(C)c2ccccc2-c2ccc(-c3ccc(-c4ccc5c(c4)c4ccccc4n5-c4nc(C#N)c5ccccc5n4)cc3)cc21.N#Cc1cc(-n2c3ccc(-c4ccc5c(c4)sc4ccc6ccccc6c45)cc3c3c4ccccc4ccc32)nc2ccccc12.N#Cc1nc(-n2c3ccc(-c4ccc5c(c4)sc4ccc6ccccc6c45)cc3c3c4ccccc4ccc32)nc2ccccc12. The van der Waals surface area contributed by atoms with Gasteiger partial charge in [0.25, 0.3) is 0 Å². The number of para-hydroxylation sites is 4. The van der Waals surface area contributed by atoms with Crippen molar-refractivity contribution in [2.75, 3.05) is 0 Å². The maximum atomic E-state index is 10.1. The Labute approximate surface area is 798 Å². The van der Waals surface area contributed by atoms with Gasteiger partial charge in [-0.15, -0.1) is 22.7 Å². The highest BCUT2D eigenvalue weighted by atomic mass is 32.1. The van der Waals surface area contributed by atoms with Crippen LogP contribution >= 0.6 is 22.7 Å². The third kappa shape index (κ3) is 12.5. The van der Waals surface area contributed by atoms with Crippen LogP contribution in [0.25, 0.3) is 255 Å². The van der Waals surface area contributed by atoms with Crippen LogP contribution in [0, 0.1) is 34.0 Å². The highest BCUT2D eigenvalue weighted by Gasteiger charge is 2.36. The Morgan fingerprint density at radius 1 is 0.232 bits per heavy atom. The molecule has 8 aromatic heterocycles. The maximum absolute atomic E-state index is 10.1. The summed E-state index contributed by atoms with van der Waals surface area (Å²) in [4.78, 5) is 24.4. The van der Waals surface area contributed by atoms with Crippen molar-refractivity contribution in [1.29, 1.82) is 15.8 Å². The first-order chi connectivity index (χ1) is 68.0. The molecule has 0 aliphatic heterocycles. The van der Waals surface area contributed by atoms with Gasteiger partial charge in [-0.1, -0.05) is 299 Å². The number of hydrogen-bond acceptors (Lipinski definition) is 10. The van der Waals surface area contributed by atoms with E-state index in [9.17, 15) is 15.8 Å². The number of nitriles is 3. The number of thiophene rings is 2. The standard InChI is InChI=1S/C42H28N4.C42H23N3S.C41H22N4S/c1-42(2)35-12-6-3-9-30(35)31-21-19-29(24-36(31)42)27-17-15-26(16-18-27)28-20-22-40-34(23-28)32-10-5-8-14-39(32)46(40)41-44-37-13-7-4-11-33(37)38(25-43)45-41;43-24-29-23-40(44-35-12-6-5-9-30(29)35)45-36-18-15-27(21-34(36)41-31-10-3-1-7-25(31)14-19-37(41)45)28-13-17-33-39(22-28)46-38-20-16-26-8-2-4-11-32(26)42(33)38;42-23-34-30-11-5-6-12-33(30)43-41(44-34)45-35-18-15-26(21-32(35)39-28-9-3-1-7-24(28)14-19-36(39)45)27-13-17-31-38(22-27)46-37-20-16-25-8-2-4-10-29(25)40(31)37/h3-24H,1-2H3;1-23H;1-22H. The van der Waals surface area contributed by atoms with Gasteiger partial charge in [-0.25, -0.2) is 24.9 Å². The van der Waals surface area contributed by atoms with Crippen molar-refractivity contribution in [2.24, 2.45) is 0 Å². The fraction of sp³-hybridized carbons (Fsp3) is 0.0240. The summed E-state index contributed by atoms with van der Waals surface area (Å²) in [6, 6.07) is 151. The second-order valence-corrected chi connectivity index (χ2v) is 38.4. The van der Waals surface area contributed by atoms with Crippen LogP contribution in [0.5, 0.6) is 0 Å². The molecule has 0 saturated carbocycles. The number of pyridine rings is 1. The van der Waals surface area contributed by atoms with Crippen LogP contribution in [0.1, 0.15) is 41.9 Å². The van der Waals surface area contributed by atoms with E-state index in [1.165, 1.54) is 144 Å². The van der Waals surface area contributed by atoms with Crippen LogP contribution < -0.4 is 0 Å². The molecule has 20 aromatic carbocycles. The minimum atomic E-state index is -0.0233. The molecule has 11 nitrogen and oxygen atoms in total. The first-order valence-electron chi connectivity index (χ1n) is 46.2. The minimum absolute atomic E-state index is 0.0233. The summed E-state index contributed by atoms with van der Waals surface area (Å²) < 4.78 is 11.6. The Hall–Kier alpha value is -18.2. The fourth-order valence-corrected chi connectivity index (χ4v) is 24.2. The van der Waals surface area contributed by atoms with Gasteiger partial charge >= 0.3 is 0 Å². The summed E-state index contributed by atoms with van der Waals surface area (Å²) in [5.41, 5.74) is 24.7. The van der Waals surface area contributed by atoms with E-state index in [0.717, 1.165) is 110 Å². The zero-order valence-corrected chi connectivity index (χ0v) is 76.1. The molecule has 0 amide bonds. The number of aromatic nitrogens is 8. The lowest BCUT2D eigenvalue weighted by Gasteiger charge is -2.22. The molecule has 0 bridgehead atoms. The largest absolute Gasteiger partial charge is 0.294 e. The average Bonchev–Trinajstić information content (AvgIpc) is 1.58. The summed E-state index contributed by atoms with van der Waals surface area (Å²) in [5.74, 6) is 1.74. The normalized spacial score (nSPS) is 12.3. The fourth-order valence-electron chi connectivity index (χ4n) is 21.8. The Morgan fingerprint density at radius 3 is 1.12 bits per heavy atom. The van der Waals surface area contributed by atoms with Gasteiger partial charge in [0.2, 0.25) is 11.9 Å². The molecule has 138 heavy (non-hydrogen) atoms. The van der Waals surface area contributed by atoms with Gasteiger partial charge in [0.15, 0.2) is 11.4 Å². The lowest BCUT2D eigenvalue weighted by Crippen LogP contribution is -2.14. The van der Waals surface area contributed by atoms with Gasteiger partial charge in [0.05, 0.1) is 61.3 Å². The van der Waals surface area contributed by atoms with Gasteiger partial charge < -0.3 is 0 Å². The quantitative estimate of drug-likeness (QED) is 0.153. The monoisotopic (exact) mass is 1790 g/mol. The molecule has 13 heteroatoms. The highest BCUT2D eigenvalue weighted by Crippen LogP contribution is 2.52. The zero-order valence-electron chi connectivity index (χ0n) is 74.4. The average molecular weight is 1790 g/mol. The van der Waals surface area contributed by atoms with Crippen molar-refractivity contribution in [2.45, 2.75) is 19.3 Å². The Bertz CT molecular complexity index is 9890. The van der Waals surface area contributed by atoms with Gasteiger partial charge in [-0.05, 0) is 231 Å². The van der Waals surface area contributed by atoms with Crippen LogP contribution in [0.2, 0.25) is 0 Å². The summed E-state index contributed by atoms with van der Waals surface area (Å²) in [5, 5.41) is 54.4. The molecule has 28 aromatic rings. The Balaban J connectivity index is 0.000000104. The smallest absolute Gasteiger partial charge is 0.236 e. The van der Waals surface area contributed by atoms with Crippen LogP contribution in [0.15, 0.2) is 406 Å². The molecule has 29 rings (SSSR count). The van der Waals surface area contributed by atoms with Crippen LogP contribution in [0.3, 0.4) is 0 Å². The molecule has 0 fully saturated rings. The Kier molecular flexibility index (Phi) is 18.0. The van der Waals surface area contributed by atoms with E-state index in [-0.39, 0.29) is 5.41 Å². The van der Waals surface area contributed by atoms with E-state index in [0.29, 0.717) is 28.8 Å². The predicted molar refractivity (Wildman–Crippen MR) is 573 cm³/mol. The first kappa shape index (κ1) is 79.6. The van der Waals surface area contributed by atoms with Crippen molar-refractivity contribution >= 4 is 204 Å². The number of benzene rings is 20. The third-order valence-electron chi connectivity index (χ3n) is 28.4. The molecule has 640 valence electrons. The lowest BCUT2D eigenvalue weighted by atomic mass is 9.81. The topological polar surface area (TPSA) is 151 Å². The molecular weight excluding hydrogens is 1720 g/mol. The molecular formula is C125H73N11S2. The number of nitrogens with zero attached hydrogens (tertiary/aromatic N) is 11. The molecule has 0 spiro atoms. The van der Waals surface area contributed by atoms with Crippen LogP contribution in [-0.4, -0.2) is 38.6 Å². The van der Waals surface area contributed by atoms with E-state index in [1.807, 2.05) is 108 Å². The second-order valence-electron chi connectivity index (χ2n) is 36.2. The van der Waals surface area contributed by atoms with Gasteiger partial charge in [-0.3, -0.25) is 13.7 Å². The summed E-state index contributed by atoms with van der Waals surface area (Å²) in [7, 11) is 0. The number of rotatable bonds is 7. The van der Waals surface area contributed by atoms with Gasteiger partial charge in [-0.2, -0.15) is 15.8 Å². The van der Waals surface area contributed by atoms with Gasteiger partial charge in [0.1, 0.15) is 18.0 Å².